The number of hydrogen-bond acceptors (Lipinski definition) is 4. The smallest absolute Gasteiger partial charge is 0.264 e. The molecule has 0 saturated carbocycles. The number of hydrogen-bond donors (Lipinski definition) is 1. The van der Waals surface area contributed by atoms with Gasteiger partial charge in [0.25, 0.3) is 5.91 Å². The van der Waals surface area contributed by atoms with Crippen molar-refractivity contribution in [3.63, 3.8) is 0 Å². The molecule has 32 heavy (non-hydrogen) atoms. The zero-order valence-corrected chi connectivity index (χ0v) is 21.6. The normalized spacial score (nSPS) is 15.9. The number of amides is 1. The maximum Gasteiger partial charge on any atom is 0.264 e. The molecule has 0 spiro atoms. The van der Waals surface area contributed by atoms with E-state index in [1.54, 1.807) is 0 Å². The summed E-state index contributed by atoms with van der Waals surface area (Å²) in [5, 5.41) is 3.98. The lowest BCUT2D eigenvalue weighted by molar-refractivity contribution is -0.115. The Morgan fingerprint density at radius 3 is 2.66 bits per heavy atom. The first kappa shape index (κ1) is 23.1. The van der Waals surface area contributed by atoms with E-state index in [1.807, 2.05) is 73.7 Å². The van der Waals surface area contributed by atoms with E-state index in [9.17, 15) is 4.79 Å². The molecule has 4 nitrogen and oxygen atoms in total. The number of aliphatic imine (C=N–C) groups is 1. The molecule has 1 amide bonds. The Morgan fingerprint density at radius 1 is 1.12 bits per heavy atom. The number of amidine groups is 1. The molecule has 1 aliphatic rings. The molecule has 1 aliphatic heterocycles. The SMILES string of the molecule is Cc1c(Cl)cccc1N=C1NC(=O)/C(=C\c2ccc(OCc3ccc(Br)cc3)c(Br)c2)S1. The van der Waals surface area contributed by atoms with Gasteiger partial charge >= 0.3 is 0 Å². The second-order valence-electron chi connectivity index (χ2n) is 6.97. The molecule has 162 valence electrons. The minimum Gasteiger partial charge on any atom is -0.488 e. The Kier molecular flexibility index (Phi) is 7.40. The zero-order valence-electron chi connectivity index (χ0n) is 16.9. The maximum absolute atomic E-state index is 12.4. The number of nitrogens with one attached hydrogen (secondary N) is 1. The highest BCUT2D eigenvalue weighted by Crippen LogP contribution is 2.33. The van der Waals surface area contributed by atoms with Gasteiger partial charge in [-0.15, -0.1) is 0 Å². The van der Waals surface area contributed by atoms with E-state index in [0.29, 0.717) is 21.7 Å². The van der Waals surface area contributed by atoms with Crippen LogP contribution in [0.1, 0.15) is 16.7 Å². The van der Waals surface area contributed by atoms with Crippen molar-refractivity contribution in [1.82, 2.24) is 5.32 Å². The fourth-order valence-electron chi connectivity index (χ4n) is 2.92. The largest absolute Gasteiger partial charge is 0.488 e. The quantitative estimate of drug-likeness (QED) is 0.310. The Morgan fingerprint density at radius 2 is 1.91 bits per heavy atom. The predicted molar refractivity (Wildman–Crippen MR) is 140 cm³/mol. The van der Waals surface area contributed by atoms with Crippen molar-refractivity contribution in [2.45, 2.75) is 13.5 Å². The lowest BCUT2D eigenvalue weighted by atomic mass is 10.2. The second-order valence-corrected chi connectivity index (χ2v) is 10.2. The number of ether oxygens (including phenoxy) is 1. The fraction of sp³-hybridized carbons (Fsp3) is 0.0833. The van der Waals surface area contributed by atoms with E-state index in [4.69, 9.17) is 16.3 Å². The Bertz CT molecular complexity index is 1240. The van der Waals surface area contributed by atoms with E-state index < -0.39 is 0 Å². The van der Waals surface area contributed by atoms with E-state index in [-0.39, 0.29) is 5.91 Å². The van der Waals surface area contributed by atoms with Gasteiger partial charge in [0.05, 0.1) is 15.1 Å². The number of carbonyl (C=O) groups is 1. The van der Waals surface area contributed by atoms with Gasteiger partial charge in [0, 0.05) is 9.50 Å². The highest BCUT2D eigenvalue weighted by molar-refractivity contribution is 9.10. The zero-order chi connectivity index (χ0) is 22.7. The van der Waals surface area contributed by atoms with E-state index in [2.05, 4.69) is 42.2 Å². The molecule has 0 aromatic heterocycles. The lowest BCUT2D eigenvalue weighted by Crippen LogP contribution is -2.19. The number of carbonyl (C=O) groups excluding carboxylic acids is 1. The number of halogens is 3. The van der Waals surface area contributed by atoms with Gasteiger partial charge in [0.2, 0.25) is 0 Å². The average molecular weight is 593 g/mol. The van der Waals surface area contributed by atoms with Crippen LogP contribution in [-0.2, 0) is 11.4 Å². The molecule has 3 aromatic rings. The van der Waals surface area contributed by atoms with Crippen molar-refractivity contribution in [2.24, 2.45) is 4.99 Å². The molecular formula is C24H17Br2ClN2O2S. The van der Waals surface area contributed by atoms with E-state index >= 15 is 0 Å². The van der Waals surface area contributed by atoms with Crippen LogP contribution < -0.4 is 10.1 Å². The molecule has 1 N–H and O–H groups in total. The minimum absolute atomic E-state index is 0.180. The van der Waals surface area contributed by atoms with Crippen LogP contribution >= 0.6 is 55.2 Å². The third-order valence-corrected chi connectivity index (χ3v) is 7.14. The summed E-state index contributed by atoms with van der Waals surface area (Å²) in [5.41, 5.74) is 3.56. The molecule has 3 aromatic carbocycles. The van der Waals surface area contributed by atoms with Gasteiger partial charge < -0.3 is 10.1 Å². The van der Waals surface area contributed by atoms with Crippen LogP contribution in [-0.4, -0.2) is 11.1 Å². The third kappa shape index (κ3) is 5.64. The highest BCUT2D eigenvalue weighted by Gasteiger charge is 2.24. The number of nitrogens with zero attached hydrogens (tertiary/aromatic N) is 1. The van der Waals surface area contributed by atoms with E-state index in [0.717, 1.165) is 37.1 Å². The van der Waals surface area contributed by atoms with Gasteiger partial charge in [-0.3, -0.25) is 4.79 Å². The molecule has 0 aliphatic carbocycles. The van der Waals surface area contributed by atoms with Gasteiger partial charge in [-0.2, -0.15) is 0 Å². The molecule has 0 unspecified atom stereocenters. The molecule has 8 heteroatoms. The van der Waals surface area contributed by atoms with Crippen LogP contribution in [0.15, 0.2) is 79.5 Å². The monoisotopic (exact) mass is 590 g/mol. The maximum atomic E-state index is 12.4. The summed E-state index contributed by atoms with van der Waals surface area (Å²) in [6.07, 6.45) is 1.83. The van der Waals surface area contributed by atoms with Crippen LogP contribution in [0.2, 0.25) is 5.02 Å². The molecule has 1 heterocycles. The molecular weight excluding hydrogens is 576 g/mol. The van der Waals surface area contributed by atoms with Gasteiger partial charge in [-0.05, 0) is 93.8 Å². The first-order valence-corrected chi connectivity index (χ1v) is 12.4. The second kappa shape index (κ2) is 10.3. The topological polar surface area (TPSA) is 50.7 Å². The van der Waals surface area contributed by atoms with Gasteiger partial charge in [0.1, 0.15) is 12.4 Å². The van der Waals surface area contributed by atoms with Crippen molar-refractivity contribution < 1.29 is 9.53 Å². The van der Waals surface area contributed by atoms with Crippen LogP contribution in [0.5, 0.6) is 5.75 Å². The first-order valence-electron chi connectivity index (χ1n) is 9.60. The standard InChI is InChI=1S/C24H17Br2ClN2O2S/c1-14-19(27)3-2-4-20(14)28-24-29-23(30)22(32-24)12-16-7-10-21(18(26)11-16)31-13-15-5-8-17(25)9-6-15/h2-12H,13H2,1H3,(H,28,29,30)/b22-12+. The minimum atomic E-state index is -0.180. The van der Waals surface area contributed by atoms with Gasteiger partial charge in [-0.1, -0.05) is 51.8 Å². The molecule has 1 saturated heterocycles. The van der Waals surface area contributed by atoms with Crippen LogP contribution in [0, 0.1) is 6.92 Å². The lowest BCUT2D eigenvalue weighted by Gasteiger charge is -2.09. The van der Waals surface area contributed by atoms with Crippen molar-refractivity contribution in [3.05, 3.63) is 96.2 Å². The summed E-state index contributed by atoms with van der Waals surface area (Å²) >= 11 is 14.5. The summed E-state index contributed by atoms with van der Waals surface area (Å²) in [5.74, 6) is 0.553. The number of benzene rings is 3. The van der Waals surface area contributed by atoms with Gasteiger partial charge in [0.15, 0.2) is 5.17 Å². The third-order valence-electron chi connectivity index (χ3n) is 4.67. The van der Waals surface area contributed by atoms with Crippen LogP contribution in [0.3, 0.4) is 0 Å². The van der Waals surface area contributed by atoms with Crippen molar-refractivity contribution in [3.8, 4) is 5.75 Å². The molecule has 0 bridgehead atoms. The molecule has 0 atom stereocenters. The molecule has 1 fully saturated rings. The van der Waals surface area contributed by atoms with Crippen LogP contribution in [0.4, 0.5) is 5.69 Å². The highest BCUT2D eigenvalue weighted by atomic mass is 79.9. The summed E-state index contributed by atoms with van der Waals surface area (Å²) in [6.45, 7) is 2.37. The van der Waals surface area contributed by atoms with Crippen molar-refractivity contribution >= 4 is 78.1 Å². The van der Waals surface area contributed by atoms with Gasteiger partial charge in [-0.25, -0.2) is 4.99 Å². The number of rotatable bonds is 5. The van der Waals surface area contributed by atoms with Crippen molar-refractivity contribution in [2.75, 3.05) is 0 Å². The Labute approximate surface area is 212 Å². The molecule has 0 radical (unpaired) electrons. The van der Waals surface area contributed by atoms with E-state index in [1.165, 1.54) is 11.8 Å². The van der Waals surface area contributed by atoms with Crippen molar-refractivity contribution in [1.29, 1.82) is 0 Å². The Balaban J connectivity index is 1.47. The van der Waals surface area contributed by atoms with Crippen LogP contribution in [0.25, 0.3) is 6.08 Å². The number of thioether (sulfide) groups is 1. The summed E-state index contributed by atoms with van der Waals surface area (Å²) in [7, 11) is 0. The predicted octanol–water partition coefficient (Wildman–Crippen LogP) is 7.64. The fourth-order valence-corrected chi connectivity index (χ4v) is 4.70. The average Bonchev–Trinajstić information content (AvgIpc) is 3.10. The first-order chi connectivity index (χ1) is 15.4. The Hall–Kier alpha value is -2.06. The summed E-state index contributed by atoms with van der Waals surface area (Å²) < 4.78 is 7.76. The summed E-state index contributed by atoms with van der Waals surface area (Å²) in [6, 6.07) is 19.2. The summed E-state index contributed by atoms with van der Waals surface area (Å²) in [4.78, 5) is 17.5. The molecule has 4 rings (SSSR count).